The van der Waals surface area contributed by atoms with Crippen molar-refractivity contribution in [1.29, 1.82) is 0 Å². The van der Waals surface area contributed by atoms with Gasteiger partial charge < -0.3 is 5.32 Å². The second-order valence-corrected chi connectivity index (χ2v) is 3.52. The summed E-state index contributed by atoms with van der Waals surface area (Å²) in [6.45, 7) is 1.76. The largest absolute Gasteiger partial charge is 0.338 e. The van der Waals surface area contributed by atoms with Gasteiger partial charge in [0.15, 0.2) is 0 Å². The summed E-state index contributed by atoms with van der Waals surface area (Å²) in [5.74, 6) is 0.729. The van der Waals surface area contributed by atoms with Crippen LogP contribution < -0.4 is 5.32 Å². The van der Waals surface area contributed by atoms with Gasteiger partial charge in [0.2, 0.25) is 0 Å². The highest BCUT2D eigenvalue weighted by molar-refractivity contribution is 5.95. The Kier molecular flexibility index (Phi) is 4.38. The number of nitrogens with zero attached hydrogens (tertiary/aromatic N) is 1. The maximum absolute atomic E-state index is 13.4. The molecule has 0 aromatic heterocycles. The molecule has 1 aromatic rings. The van der Waals surface area contributed by atoms with Crippen molar-refractivity contribution in [3.05, 3.63) is 39.7 Å². The third-order valence-electron chi connectivity index (χ3n) is 2.32. The van der Waals surface area contributed by atoms with Gasteiger partial charge in [-0.3, -0.25) is 14.9 Å². The van der Waals surface area contributed by atoms with Crippen LogP contribution in [0.5, 0.6) is 0 Å². The summed E-state index contributed by atoms with van der Waals surface area (Å²) in [5, 5.41) is 12.9. The smallest absolute Gasteiger partial charge is 0.270 e. The van der Waals surface area contributed by atoms with E-state index in [1.807, 2.05) is 0 Å². The molecular formula is C12H11FN2O3. The van der Waals surface area contributed by atoms with E-state index >= 15 is 0 Å². The van der Waals surface area contributed by atoms with Crippen LogP contribution in [0.25, 0.3) is 0 Å². The highest BCUT2D eigenvalue weighted by Crippen LogP contribution is 2.16. The fraction of sp³-hybridized carbons (Fsp3) is 0.250. The lowest BCUT2D eigenvalue weighted by molar-refractivity contribution is -0.384. The maximum Gasteiger partial charge on any atom is 0.270 e. The molecule has 0 bridgehead atoms. The predicted molar refractivity (Wildman–Crippen MR) is 63.4 cm³/mol. The van der Waals surface area contributed by atoms with Crippen LogP contribution in [0.1, 0.15) is 23.7 Å². The Morgan fingerprint density at radius 2 is 2.33 bits per heavy atom. The van der Waals surface area contributed by atoms with E-state index in [1.165, 1.54) is 0 Å². The second-order valence-electron chi connectivity index (χ2n) is 3.52. The quantitative estimate of drug-likeness (QED) is 0.503. The van der Waals surface area contributed by atoms with Gasteiger partial charge in [-0.1, -0.05) is 12.8 Å². The van der Waals surface area contributed by atoms with E-state index in [2.05, 4.69) is 11.2 Å². The first-order chi connectivity index (χ1) is 8.49. The summed E-state index contributed by atoms with van der Waals surface area (Å²) in [6.07, 6.45) is 5.64. The molecule has 1 unspecified atom stereocenters. The molecular weight excluding hydrogens is 239 g/mol. The minimum Gasteiger partial charge on any atom is -0.338 e. The third-order valence-corrected chi connectivity index (χ3v) is 2.32. The van der Waals surface area contributed by atoms with Gasteiger partial charge in [0, 0.05) is 12.1 Å². The molecule has 0 fully saturated rings. The molecule has 5 nitrogen and oxygen atoms in total. The highest BCUT2D eigenvalue weighted by atomic mass is 19.1. The molecule has 0 saturated carbocycles. The van der Waals surface area contributed by atoms with Gasteiger partial charge in [0.05, 0.1) is 16.5 Å². The minimum atomic E-state index is -0.829. The van der Waals surface area contributed by atoms with Crippen LogP contribution in [0, 0.1) is 28.3 Å². The van der Waals surface area contributed by atoms with Crippen molar-refractivity contribution in [1.82, 2.24) is 5.32 Å². The number of halogens is 1. The zero-order chi connectivity index (χ0) is 13.7. The molecule has 1 aromatic carbocycles. The number of carbonyl (C=O) groups is 1. The van der Waals surface area contributed by atoms with Crippen molar-refractivity contribution in [3.8, 4) is 12.3 Å². The molecule has 1 amide bonds. The number of benzene rings is 1. The van der Waals surface area contributed by atoms with E-state index in [0.717, 1.165) is 18.2 Å². The fourth-order valence-electron chi connectivity index (χ4n) is 1.30. The van der Waals surface area contributed by atoms with Gasteiger partial charge in [-0.2, -0.15) is 0 Å². The molecule has 1 rings (SSSR count). The van der Waals surface area contributed by atoms with Crippen LogP contribution in [0.2, 0.25) is 0 Å². The molecule has 94 valence electrons. The van der Waals surface area contributed by atoms with E-state index in [9.17, 15) is 19.3 Å². The fourth-order valence-corrected chi connectivity index (χ4v) is 1.30. The highest BCUT2D eigenvalue weighted by Gasteiger charge is 2.18. The number of nitro benzene ring substituents is 1. The van der Waals surface area contributed by atoms with Gasteiger partial charge in [0.25, 0.3) is 11.6 Å². The molecule has 18 heavy (non-hydrogen) atoms. The number of hydrogen-bond donors (Lipinski definition) is 1. The van der Waals surface area contributed by atoms with E-state index in [4.69, 9.17) is 6.42 Å². The van der Waals surface area contributed by atoms with Gasteiger partial charge in [-0.25, -0.2) is 4.39 Å². The SMILES string of the molecule is C#CC(CC)NC(=O)c1cc([N+](=O)[O-])ccc1F. The van der Waals surface area contributed by atoms with Gasteiger partial charge in [-0.05, 0) is 12.5 Å². The van der Waals surface area contributed by atoms with Crippen LogP contribution in [-0.2, 0) is 0 Å². The van der Waals surface area contributed by atoms with Gasteiger partial charge in [0.1, 0.15) is 5.82 Å². The Morgan fingerprint density at radius 3 is 2.83 bits per heavy atom. The van der Waals surface area contributed by atoms with E-state index in [0.29, 0.717) is 6.42 Å². The van der Waals surface area contributed by atoms with Gasteiger partial charge >= 0.3 is 0 Å². The minimum absolute atomic E-state index is 0.352. The maximum atomic E-state index is 13.4. The van der Waals surface area contributed by atoms with Crippen LogP contribution >= 0.6 is 0 Å². The molecule has 0 aliphatic heterocycles. The van der Waals surface area contributed by atoms with Crippen molar-refractivity contribution < 1.29 is 14.1 Å². The summed E-state index contributed by atoms with van der Waals surface area (Å²) < 4.78 is 13.4. The average molecular weight is 250 g/mol. The number of hydrogen-bond acceptors (Lipinski definition) is 3. The molecule has 0 aliphatic carbocycles. The molecule has 0 saturated heterocycles. The van der Waals surface area contributed by atoms with Crippen molar-refractivity contribution in [2.45, 2.75) is 19.4 Å². The van der Waals surface area contributed by atoms with Crippen LogP contribution in [0.4, 0.5) is 10.1 Å². The van der Waals surface area contributed by atoms with Crippen LogP contribution in [0.15, 0.2) is 18.2 Å². The Bertz CT molecular complexity index is 523. The van der Waals surface area contributed by atoms with E-state index in [1.54, 1.807) is 6.92 Å². The standard InChI is InChI=1S/C12H11FN2O3/c1-3-8(4-2)14-12(16)10-7-9(15(17)18)5-6-11(10)13/h1,5-8H,4H2,2H3,(H,14,16). The zero-order valence-electron chi connectivity index (χ0n) is 9.64. The summed E-state index contributed by atoms with van der Waals surface area (Å²) >= 11 is 0. The molecule has 1 N–H and O–H groups in total. The Morgan fingerprint density at radius 1 is 1.67 bits per heavy atom. The van der Waals surface area contributed by atoms with Gasteiger partial charge in [-0.15, -0.1) is 6.42 Å². The van der Waals surface area contributed by atoms with E-state index in [-0.39, 0.29) is 5.69 Å². The van der Waals surface area contributed by atoms with Crippen molar-refractivity contribution in [3.63, 3.8) is 0 Å². The van der Waals surface area contributed by atoms with Crippen LogP contribution in [-0.4, -0.2) is 16.9 Å². The second kappa shape index (κ2) is 5.77. The van der Waals surface area contributed by atoms with Crippen molar-refractivity contribution in [2.75, 3.05) is 0 Å². The molecule has 0 aliphatic rings. The third kappa shape index (κ3) is 3.04. The summed E-state index contributed by atoms with van der Waals surface area (Å²) in [4.78, 5) is 21.5. The normalized spacial score (nSPS) is 11.4. The first kappa shape index (κ1) is 13.6. The lowest BCUT2D eigenvalue weighted by Gasteiger charge is -2.10. The number of non-ortho nitro benzene ring substituents is 1. The number of nitrogens with one attached hydrogen (secondary N) is 1. The van der Waals surface area contributed by atoms with E-state index < -0.39 is 28.3 Å². The van der Waals surface area contributed by atoms with Crippen molar-refractivity contribution >= 4 is 11.6 Å². The lowest BCUT2D eigenvalue weighted by atomic mass is 10.1. The topological polar surface area (TPSA) is 72.2 Å². The number of rotatable bonds is 4. The Balaban J connectivity index is 3.02. The first-order valence-electron chi connectivity index (χ1n) is 5.20. The first-order valence-corrected chi connectivity index (χ1v) is 5.20. The zero-order valence-corrected chi connectivity index (χ0v) is 9.64. The number of carbonyl (C=O) groups excluding carboxylic acids is 1. The number of amides is 1. The predicted octanol–water partition coefficient (Wildman–Crippen LogP) is 1.88. The molecule has 0 spiro atoms. The summed E-state index contributed by atoms with van der Waals surface area (Å²) in [5.41, 5.74) is -0.742. The molecule has 0 radical (unpaired) electrons. The molecule has 1 atom stereocenters. The van der Waals surface area contributed by atoms with Crippen molar-refractivity contribution in [2.24, 2.45) is 0 Å². The molecule has 0 heterocycles. The van der Waals surface area contributed by atoms with Crippen LogP contribution in [0.3, 0.4) is 0 Å². The summed E-state index contributed by atoms with van der Waals surface area (Å²) in [6, 6.07) is 2.22. The Labute approximate surface area is 103 Å². The number of terminal acetylenes is 1. The Hall–Kier alpha value is -2.42. The monoisotopic (exact) mass is 250 g/mol. The number of nitro groups is 1. The average Bonchev–Trinajstić information content (AvgIpc) is 2.35. The lowest BCUT2D eigenvalue weighted by Crippen LogP contribution is -2.33. The molecule has 6 heteroatoms. The summed E-state index contributed by atoms with van der Waals surface area (Å²) in [7, 11) is 0.